The van der Waals surface area contributed by atoms with Gasteiger partial charge < -0.3 is 0 Å². The summed E-state index contributed by atoms with van der Waals surface area (Å²) >= 11 is 0. The summed E-state index contributed by atoms with van der Waals surface area (Å²) in [4.78, 5) is 0. The van der Waals surface area contributed by atoms with E-state index in [1.807, 2.05) is 6.08 Å². The second kappa shape index (κ2) is 11.9. The first-order valence-corrected chi connectivity index (χ1v) is 13.5. The van der Waals surface area contributed by atoms with Crippen molar-refractivity contribution in [1.29, 1.82) is 0 Å². The maximum Gasteiger partial charge on any atom is -0.0181 e. The molecule has 2 fully saturated rings. The zero-order chi connectivity index (χ0) is 22.2. The molecule has 0 radical (unpaired) electrons. The van der Waals surface area contributed by atoms with Crippen molar-refractivity contribution in [3.8, 4) is 0 Å². The molecular formula is C32H44. The molecule has 0 heteroatoms. The minimum atomic E-state index is 0.951. The third-order valence-electron chi connectivity index (χ3n) is 8.68. The van der Waals surface area contributed by atoms with E-state index >= 15 is 0 Å². The van der Waals surface area contributed by atoms with Crippen molar-refractivity contribution >= 4 is 10.8 Å². The van der Waals surface area contributed by atoms with Crippen LogP contribution in [0, 0.1) is 23.7 Å². The molecule has 0 saturated heterocycles. The smallest absolute Gasteiger partial charge is 0.0181 e. The van der Waals surface area contributed by atoms with E-state index in [1.54, 1.807) is 0 Å². The van der Waals surface area contributed by atoms with Crippen molar-refractivity contribution in [3.63, 3.8) is 0 Å². The Morgan fingerprint density at radius 1 is 0.594 bits per heavy atom. The van der Waals surface area contributed by atoms with Gasteiger partial charge in [0, 0.05) is 0 Å². The minimum Gasteiger partial charge on any atom is -0.103 e. The summed E-state index contributed by atoms with van der Waals surface area (Å²) in [6.45, 7) is 7.74. The van der Waals surface area contributed by atoms with Crippen LogP contribution in [0.1, 0.15) is 88.2 Å². The van der Waals surface area contributed by atoms with Crippen molar-refractivity contribution in [2.75, 3.05) is 0 Å². The fourth-order valence-corrected chi connectivity index (χ4v) is 6.55. The van der Waals surface area contributed by atoms with Gasteiger partial charge in [-0.05, 0) is 110 Å². The highest BCUT2D eigenvalue weighted by Crippen LogP contribution is 2.43. The van der Waals surface area contributed by atoms with Gasteiger partial charge in [-0.15, -0.1) is 13.2 Å². The molecule has 0 N–H and O–H groups in total. The second-order valence-corrected chi connectivity index (χ2v) is 10.8. The molecule has 0 atom stereocenters. The average molecular weight is 429 g/mol. The zero-order valence-corrected chi connectivity index (χ0v) is 20.2. The predicted molar refractivity (Wildman–Crippen MR) is 141 cm³/mol. The van der Waals surface area contributed by atoms with Gasteiger partial charge in [0.2, 0.25) is 0 Å². The molecule has 0 unspecified atom stereocenters. The van der Waals surface area contributed by atoms with Crippen LogP contribution >= 0.6 is 0 Å². The van der Waals surface area contributed by atoms with Gasteiger partial charge in [0.05, 0.1) is 0 Å². The standard InChI is InChI=1S/C32H44/c1-3-5-7-25-11-17-29(18-12-25)30-19-13-26(14-20-30)9-10-28-16-22-31-23-27(8-6-4-2)15-21-32(31)24-28/h3-4,15-16,21-26,29-30H,1-2,5-14,17-20H2. The van der Waals surface area contributed by atoms with E-state index in [0.29, 0.717) is 0 Å². The van der Waals surface area contributed by atoms with E-state index in [2.05, 4.69) is 55.6 Å². The van der Waals surface area contributed by atoms with Crippen LogP contribution in [0.5, 0.6) is 0 Å². The lowest BCUT2D eigenvalue weighted by Gasteiger charge is -2.38. The van der Waals surface area contributed by atoms with Crippen LogP contribution in [0.15, 0.2) is 61.7 Å². The van der Waals surface area contributed by atoms with E-state index in [-0.39, 0.29) is 0 Å². The number of fused-ring (bicyclic) bond motifs is 1. The molecule has 0 bridgehead atoms. The van der Waals surface area contributed by atoms with Gasteiger partial charge in [0.15, 0.2) is 0 Å². The van der Waals surface area contributed by atoms with Crippen molar-refractivity contribution in [3.05, 3.63) is 72.8 Å². The molecule has 0 aliphatic heterocycles. The molecule has 172 valence electrons. The van der Waals surface area contributed by atoms with E-state index in [4.69, 9.17) is 0 Å². The Balaban J connectivity index is 1.20. The molecule has 2 aromatic carbocycles. The Hall–Kier alpha value is -1.82. The van der Waals surface area contributed by atoms with Gasteiger partial charge in [-0.25, -0.2) is 0 Å². The molecular weight excluding hydrogens is 384 g/mol. The summed E-state index contributed by atoms with van der Waals surface area (Å²) in [5, 5.41) is 2.78. The maximum atomic E-state index is 3.90. The molecule has 0 spiro atoms. The van der Waals surface area contributed by atoms with Crippen LogP contribution in [-0.2, 0) is 12.8 Å². The topological polar surface area (TPSA) is 0 Å². The normalized spacial score (nSPS) is 26.1. The van der Waals surface area contributed by atoms with Gasteiger partial charge in [-0.2, -0.15) is 0 Å². The minimum absolute atomic E-state index is 0.951. The van der Waals surface area contributed by atoms with Crippen molar-refractivity contribution in [1.82, 2.24) is 0 Å². The monoisotopic (exact) mass is 428 g/mol. The second-order valence-electron chi connectivity index (χ2n) is 10.8. The summed E-state index contributed by atoms with van der Waals surface area (Å²) in [6, 6.07) is 14.1. The molecule has 2 saturated carbocycles. The number of hydrogen-bond acceptors (Lipinski definition) is 0. The van der Waals surface area contributed by atoms with Crippen LogP contribution in [0.4, 0.5) is 0 Å². The Morgan fingerprint density at radius 3 is 1.62 bits per heavy atom. The lowest BCUT2D eigenvalue weighted by Crippen LogP contribution is -2.26. The molecule has 0 heterocycles. The van der Waals surface area contributed by atoms with E-state index in [1.165, 1.54) is 98.9 Å². The first-order valence-electron chi connectivity index (χ1n) is 13.5. The zero-order valence-electron chi connectivity index (χ0n) is 20.2. The predicted octanol–water partition coefficient (Wildman–Crippen LogP) is 9.47. The first kappa shape index (κ1) is 23.3. The Kier molecular flexibility index (Phi) is 8.66. The summed E-state index contributed by atoms with van der Waals surface area (Å²) in [7, 11) is 0. The van der Waals surface area contributed by atoms with Crippen LogP contribution in [0.25, 0.3) is 10.8 Å². The molecule has 0 aromatic heterocycles. The Labute approximate surface area is 197 Å². The maximum absolute atomic E-state index is 3.90. The molecule has 2 aromatic rings. The quantitative estimate of drug-likeness (QED) is 0.330. The fourth-order valence-electron chi connectivity index (χ4n) is 6.55. The van der Waals surface area contributed by atoms with Crippen molar-refractivity contribution in [2.45, 2.75) is 89.9 Å². The Morgan fingerprint density at radius 2 is 1.09 bits per heavy atom. The van der Waals surface area contributed by atoms with Crippen LogP contribution in [-0.4, -0.2) is 0 Å². The van der Waals surface area contributed by atoms with E-state index in [0.717, 1.165) is 36.5 Å². The third-order valence-corrected chi connectivity index (χ3v) is 8.68. The summed E-state index contributed by atoms with van der Waals surface area (Å²) in [6.07, 6.45) is 23.4. The highest BCUT2D eigenvalue weighted by atomic mass is 14.4. The van der Waals surface area contributed by atoms with Crippen LogP contribution < -0.4 is 0 Å². The highest BCUT2D eigenvalue weighted by Gasteiger charge is 2.30. The molecule has 4 rings (SSSR count). The van der Waals surface area contributed by atoms with Crippen LogP contribution in [0.3, 0.4) is 0 Å². The lowest BCUT2D eigenvalue weighted by molar-refractivity contribution is 0.141. The number of rotatable bonds is 10. The number of allylic oxidation sites excluding steroid dienone is 2. The Bertz CT molecular complexity index is 859. The number of hydrogen-bond donors (Lipinski definition) is 0. The van der Waals surface area contributed by atoms with E-state index in [9.17, 15) is 0 Å². The highest BCUT2D eigenvalue weighted by molar-refractivity contribution is 5.83. The van der Waals surface area contributed by atoms with Gasteiger partial charge in [0.1, 0.15) is 0 Å². The fraction of sp³-hybridized carbons (Fsp3) is 0.562. The first-order chi connectivity index (χ1) is 15.7. The van der Waals surface area contributed by atoms with E-state index < -0.39 is 0 Å². The van der Waals surface area contributed by atoms with Crippen molar-refractivity contribution in [2.24, 2.45) is 23.7 Å². The average Bonchev–Trinajstić information content (AvgIpc) is 2.85. The summed E-state index contributed by atoms with van der Waals surface area (Å²) in [5.74, 6) is 4.00. The summed E-state index contributed by atoms with van der Waals surface area (Å²) in [5.41, 5.74) is 2.95. The van der Waals surface area contributed by atoms with Crippen LogP contribution in [0.2, 0.25) is 0 Å². The van der Waals surface area contributed by atoms with Gasteiger partial charge in [-0.1, -0.05) is 74.2 Å². The summed E-state index contributed by atoms with van der Waals surface area (Å²) < 4.78 is 0. The SMILES string of the molecule is C=CCCc1ccc2cc(CCC3CCC(C4CCC(CCC=C)CC4)CC3)ccc2c1. The van der Waals surface area contributed by atoms with Gasteiger partial charge >= 0.3 is 0 Å². The molecule has 32 heavy (non-hydrogen) atoms. The largest absolute Gasteiger partial charge is 0.103 e. The van der Waals surface area contributed by atoms with Crippen molar-refractivity contribution < 1.29 is 0 Å². The number of aryl methyl sites for hydroxylation is 2. The molecule has 0 nitrogen and oxygen atoms in total. The van der Waals surface area contributed by atoms with Gasteiger partial charge in [0.25, 0.3) is 0 Å². The molecule has 0 amide bonds. The molecule has 2 aliphatic carbocycles. The lowest BCUT2D eigenvalue weighted by atomic mass is 9.68. The van der Waals surface area contributed by atoms with Gasteiger partial charge in [-0.3, -0.25) is 0 Å². The number of benzene rings is 2. The third kappa shape index (κ3) is 6.37. The molecule has 2 aliphatic rings.